The van der Waals surface area contributed by atoms with Crippen molar-refractivity contribution in [1.29, 1.82) is 0 Å². The Hall–Kier alpha value is -2.43. The van der Waals surface area contributed by atoms with E-state index in [1.165, 1.54) is 24.3 Å². The highest BCUT2D eigenvalue weighted by Crippen LogP contribution is 2.34. The van der Waals surface area contributed by atoms with Gasteiger partial charge in [0.15, 0.2) is 0 Å². The number of aryl methyl sites for hydroxylation is 1. The Bertz CT molecular complexity index is 1170. The van der Waals surface area contributed by atoms with Crippen molar-refractivity contribution < 1.29 is 26.4 Å². The van der Waals surface area contributed by atoms with Gasteiger partial charge in [0, 0.05) is 11.2 Å². The van der Waals surface area contributed by atoms with Gasteiger partial charge in [-0.15, -0.1) is 11.3 Å². The van der Waals surface area contributed by atoms with Gasteiger partial charge in [-0.05, 0) is 59.8 Å². The molecule has 5 nitrogen and oxygen atoms in total. The number of primary sulfonamides is 1. The summed E-state index contributed by atoms with van der Waals surface area (Å²) in [5, 5.41) is 8.12. The molecule has 10 heteroatoms. The van der Waals surface area contributed by atoms with Crippen molar-refractivity contribution in [3.63, 3.8) is 0 Å². The van der Waals surface area contributed by atoms with Crippen LogP contribution in [0.1, 0.15) is 26.4 Å². The number of alkyl halides is 3. The number of sulfonamides is 1. The third-order valence-corrected chi connectivity index (χ3v) is 6.18. The van der Waals surface area contributed by atoms with E-state index in [4.69, 9.17) is 5.14 Å². The summed E-state index contributed by atoms with van der Waals surface area (Å²) in [6.07, 6.45) is -4.45. The molecule has 2 aromatic carbocycles. The maximum Gasteiger partial charge on any atom is 0.416 e. The van der Waals surface area contributed by atoms with Crippen LogP contribution in [-0.4, -0.2) is 14.3 Å². The molecule has 28 heavy (non-hydrogen) atoms. The molecule has 1 heterocycles. The first-order chi connectivity index (χ1) is 12.9. The van der Waals surface area contributed by atoms with Gasteiger partial charge in [-0.3, -0.25) is 4.79 Å². The number of hydrogen-bond donors (Lipinski definition) is 2. The van der Waals surface area contributed by atoms with Crippen molar-refractivity contribution in [2.75, 3.05) is 0 Å². The summed E-state index contributed by atoms with van der Waals surface area (Å²) in [5.41, 5.74) is 0.564. The zero-order chi connectivity index (χ0) is 20.7. The van der Waals surface area contributed by atoms with Crippen LogP contribution in [0.15, 0.2) is 47.4 Å². The van der Waals surface area contributed by atoms with Crippen LogP contribution in [0.4, 0.5) is 13.2 Å². The number of hydrogen-bond acceptors (Lipinski definition) is 4. The van der Waals surface area contributed by atoms with Crippen molar-refractivity contribution in [2.24, 2.45) is 5.14 Å². The molecule has 0 aliphatic heterocycles. The van der Waals surface area contributed by atoms with E-state index in [-0.39, 0.29) is 16.3 Å². The van der Waals surface area contributed by atoms with Crippen LogP contribution >= 0.6 is 11.3 Å². The third kappa shape index (κ3) is 4.34. The summed E-state index contributed by atoms with van der Waals surface area (Å²) in [6.45, 7) is 1.83. The quantitative estimate of drug-likeness (QED) is 0.662. The number of nitrogens with one attached hydrogen (secondary N) is 1. The van der Waals surface area contributed by atoms with Gasteiger partial charge in [0.1, 0.15) is 0 Å². The van der Waals surface area contributed by atoms with Gasteiger partial charge in [-0.25, -0.2) is 13.6 Å². The van der Waals surface area contributed by atoms with Gasteiger partial charge in [0.25, 0.3) is 5.91 Å². The largest absolute Gasteiger partial charge is 0.416 e. The second kappa shape index (κ2) is 7.19. The van der Waals surface area contributed by atoms with E-state index in [9.17, 15) is 26.4 Å². The Morgan fingerprint density at radius 3 is 2.46 bits per heavy atom. The van der Waals surface area contributed by atoms with Crippen LogP contribution in [0, 0.1) is 6.92 Å². The van der Waals surface area contributed by atoms with E-state index >= 15 is 0 Å². The standard InChI is InChI=1S/C18H15F3N2O3S2/c1-10-6-14(28(22,25)26)4-2-11(10)9-23-17(24)16-8-12-7-13(18(19,20)21)3-5-15(12)27-16/h2-8H,9H2,1H3,(H,23,24)(H2,22,25,26). The van der Waals surface area contributed by atoms with Crippen molar-refractivity contribution in [3.8, 4) is 0 Å². The van der Waals surface area contributed by atoms with E-state index in [2.05, 4.69) is 5.32 Å². The lowest BCUT2D eigenvalue weighted by Crippen LogP contribution is -2.22. The average molecular weight is 428 g/mol. The van der Waals surface area contributed by atoms with Crippen LogP contribution in [0.3, 0.4) is 0 Å². The molecule has 0 radical (unpaired) electrons. The Balaban J connectivity index is 1.76. The fourth-order valence-electron chi connectivity index (χ4n) is 2.64. The molecule has 0 aliphatic rings. The Labute approximate surface area is 163 Å². The van der Waals surface area contributed by atoms with Crippen LogP contribution in [0.2, 0.25) is 0 Å². The number of amides is 1. The maximum absolute atomic E-state index is 12.8. The molecule has 0 unspecified atom stereocenters. The fourth-order valence-corrected chi connectivity index (χ4v) is 4.20. The first kappa shape index (κ1) is 20.3. The molecule has 1 amide bonds. The van der Waals surface area contributed by atoms with Crippen LogP contribution < -0.4 is 10.5 Å². The first-order valence-electron chi connectivity index (χ1n) is 7.96. The first-order valence-corrected chi connectivity index (χ1v) is 10.3. The van der Waals surface area contributed by atoms with E-state index in [1.807, 2.05) is 0 Å². The number of rotatable bonds is 4. The molecular weight excluding hydrogens is 413 g/mol. The highest BCUT2D eigenvalue weighted by molar-refractivity contribution is 7.89. The molecule has 1 aromatic heterocycles. The summed E-state index contributed by atoms with van der Waals surface area (Å²) in [5.74, 6) is -0.426. The van der Waals surface area contributed by atoms with Gasteiger partial charge in [-0.2, -0.15) is 13.2 Å². The second-order valence-electron chi connectivity index (χ2n) is 6.18. The molecule has 148 valence electrons. The molecule has 3 aromatic rings. The number of thiophene rings is 1. The van der Waals surface area contributed by atoms with Crippen LogP contribution in [0.25, 0.3) is 10.1 Å². The lowest BCUT2D eigenvalue weighted by Gasteiger charge is -2.08. The Kier molecular flexibility index (Phi) is 5.22. The number of carbonyl (C=O) groups is 1. The number of nitrogens with two attached hydrogens (primary N) is 1. The molecule has 0 spiro atoms. The summed E-state index contributed by atoms with van der Waals surface area (Å²) in [4.78, 5) is 12.6. The molecular formula is C18H15F3N2O3S2. The van der Waals surface area contributed by atoms with E-state index < -0.39 is 27.7 Å². The van der Waals surface area contributed by atoms with E-state index in [1.54, 1.807) is 13.0 Å². The van der Waals surface area contributed by atoms with Crippen molar-refractivity contribution in [2.45, 2.75) is 24.5 Å². The molecule has 3 rings (SSSR count). The Morgan fingerprint density at radius 1 is 1.14 bits per heavy atom. The van der Waals surface area contributed by atoms with Gasteiger partial charge >= 0.3 is 6.18 Å². The lowest BCUT2D eigenvalue weighted by molar-refractivity contribution is -0.137. The van der Waals surface area contributed by atoms with Crippen molar-refractivity contribution in [3.05, 3.63) is 64.0 Å². The number of fused-ring (bicyclic) bond motifs is 1. The normalized spacial score (nSPS) is 12.3. The van der Waals surface area contributed by atoms with Gasteiger partial charge in [0.2, 0.25) is 10.0 Å². The highest BCUT2D eigenvalue weighted by atomic mass is 32.2. The van der Waals surface area contributed by atoms with E-state index in [0.29, 0.717) is 21.2 Å². The summed E-state index contributed by atoms with van der Waals surface area (Å²) < 4.78 is 61.7. The molecule has 0 bridgehead atoms. The lowest BCUT2D eigenvalue weighted by atomic mass is 10.1. The minimum absolute atomic E-state index is 0.0231. The van der Waals surface area contributed by atoms with Crippen LogP contribution in [0.5, 0.6) is 0 Å². The summed E-state index contributed by atoms with van der Waals surface area (Å²) in [7, 11) is -3.81. The van der Waals surface area contributed by atoms with E-state index in [0.717, 1.165) is 23.5 Å². The predicted molar refractivity (Wildman–Crippen MR) is 101 cm³/mol. The molecule has 0 aliphatic carbocycles. The average Bonchev–Trinajstić information content (AvgIpc) is 3.02. The highest BCUT2D eigenvalue weighted by Gasteiger charge is 2.30. The Morgan fingerprint density at radius 2 is 1.86 bits per heavy atom. The molecule has 0 saturated carbocycles. The molecule has 0 saturated heterocycles. The number of halogens is 3. The van der Waals surface area contributed by atoms with Crippen LogP contribution in [-0.2, 0) is 22.7 Å². The maximum atomic E-state index is 12.8. The summed E-state index contributed by atoms with van der Waals surface area (Å²) >= 11 is 1.09. The van der Waals surface area contributed by atoms with Crippen molar-refractivity contribution in [1.82, 2.24) is 5.32 Å². The number of carbonyl (C=O) groups excluding carboxylic acids is 1. The zero-order valence-electron chi connectivity index (χ0n) is 14.5. The van der Waals surface area contributed by atoms with Crippen molar-refractivity contribution >= 4 is 37.4 Å². The SMILES string of the molecule is Cc1cc(S(N)(=O)=O)ccc1CNC(=O)c1cc2cc(C(F)(F)F)ccc2s1. The second-order valence-corrected chi connectivity index (χ2v) is 8.82. The van der Waals surface area contributed by atoms with Gasteiger partial charge in [-0.1, -0.05) is 6.07 Å². The monoisotopic (exact) mass is 428 g/mol. The summed E-state index contributed by atoms with van der Waals surface area (Å²) in [6, 6.07) is 9.07. The zero-order valence-corrected chi connectivity index (χ0v) is 16.1. The topological polar surface area (TPSA) is 89.3 Å². The smallest absolute Gasteiger partial charge is 0.347 e. The fraction of sp³-hybridized carbons (Fsp3) is 0.167. The third-order valence-electron chi connectivity index (χ3n) is 4.15. The predicted octanol–water partition coefficient (Wildman–Crippen LogP) is 3.81. The molecule has 0 fully saturated rings. The molecule has 3 N–H and O–H groups in total. The minimum Gasteiger partial charge on any atom is -0.347 e. The minimum atomic E-state index is -4.45. The number of benzene rings is 2. The van der Waals surface area contributed by atoms with Gasteiger partial charge in [0.05, 0.1) is 15.3 Å². The van der Waals surface area contributed by atoms with Gasteiger partial charge < -0.3 is 5.32 Å². The molecule has 0 atom stereocenters.